The van der Waals surface area contributed by atoms with Gasteiger partial charge in [-0.1, -0.05) is 12.1 Å². The first kappa shape index (κ1) is 24.9. The van der Waals surface area contributed by atoms with Crippen molar-refractivity contribution in [3.63, 3.8) is 0 Å². The van der Waals surface area contributed by atoms with Crippen molar-refractivity contribution in [2.24, 2.45) is 0 Å². The van der Waals surface area contributed by atoms with Gasteiger partial charge in [0, 0.05) is 42.9 Å². The van der Waals surface area contributed by atoms with Crippen molar-refractivity contribution in [3.8, 4) is 5.88 Å². The fraction of sp³-hybridized carbons (Fsp3) is 0.348. The largest absolute Gasteiger partial charge is 0.468 e. The minimum atomic E-state index is -4.47. The number of nitrogens with one attached hydrogen (secondary N) is 2. The van der Waals surface area contributed by atoms with E-state index in [1.54, 1.807) is 18.2 Å². The van der Waals surface area contributed by atoms with Gasteiger partial charge in [-0.25, -0.2) is 9.78 Å². The molecule has 0 aliphatic carbocycles. The Bertz CT molecular complexity index is 1190. The van der Waals surface area contributed by atoms with Crippen LogP contribution in [-0.4, -0.2) is 52.5 Å². The lowest BCUT2D eigenvalue weighted by Crippen LogP contribution is -2.52. The number of rotatable bonds is 7. The number of alkyl carbamates (subject to hydrolysis) is 1. The lowest BCUT2D eigenvalue weighted by molar-refractivity contribution is -0.154. The minimum absolute atomic E-state index is 0.0697. The zero-order chi connectivity index (χ0) is 25.9. The normalized spacial score (nSPS) is 17.5. The molecule has 1 aromatic heterocycles. The number of fused-ring (bicyclic) bond motifs is 1. The highest BCUT2D eigenvalue weighted by Crippen LogP contribution is 2.28. The number of carbonyl (C=O) groups excluding carboxylic acids is 4. The first-order chi connectivity index (χ1) is 17.1. The average Bonchev–Trinajstić information content (AvgIpc) is 3.16. The number of benzene rings is 1. The van der Waals surface area contributed by atoms with E-state index in [2.05, 4.69) is 20.4 Å². The number of hydrogen-bond donors (Lipinski definition) is 2. The van der Waals surface area contributed by atoms with Crippen molar-refractivity contribution in [2.45, 2.75) is 44.8 Å². The molecule has 0 saturated carbocycles. The smallest absolute Gasteiger partial charge is 0.422 e. The molecule has 4 rings (SSSR count). The van der Waals surface area contributed by atoms with E-state index in [1.165, 1.54) is 23.2 Å². The fourth-order valence-electron chi connectivity index (χ4n) is 3.82. The zero-order valence-corrected chi connectivity index (χ0v) is 18.8. The molecule has 13 heteroatoms. The van der Waals surface area contributed by atoms with Crippen molar-refractivity contribution < 1.29 is 41.8 Å². The molecule has 1 unspecified atom stereocenters. The molecule has 1 saturated heterocycles. The van der Waals surface area contributed by atoms with Gasteiger partial charge in [0.25, 0.3) is 5.91 Å². The fourth-order valence-corrected chi connectivity index (χ4v) is 3.82. The van der Waals surface area contributed by atoms with Crippen LogP contribution in [-0.2, 0) is 34.0 Å². The number of carbonyl (C=O) groups is 4. The number of ether oxygens (including phenoxy) is 2. The molecule has 0 spiro atoms. The number of pyridine rings is 1. The van der Waals surface area contributed by atoms with Crippen LogP contribution in [0, 0.1) is 0 Å². The Hall–Kier alpha value is -4.16. The Kier molecular flexibility index (Phi) is 7.08. The van der Waals surface area contributed by atoms with E-state index in [-0.39, 0.29) is 50.2 Å². The minimum Gasteiger partial charge on any atom is -0.468 e. The Balaban J connectivity index is 1.26. The summed E-state index contributed by atoms with van der Waals surface area (Å²) in [7, 11) is 0. The lowest BCUT2D eigenvalue weighted by atomic mass is 10.0. The number of hydrogen-bond acceptors (Lipinski definition) is 7. The predicted octanol–water partition coefficient (Wildman–Crippen LogP) is 2.21. The van der Waals surface area contributed by atoms with Gasteiger partial charge in [-0.2, -0.15) is 13.2 Å². The summed E-state index contributed by atoms with van der Waals surface area (Å²) in [5.41, 5.74) is 2.25. The van der Waals surface area contributed by atoms with Gasteiger partial charge in [-0.05, 0) is 29.7 Å². The topological polar surface area (TPSA) is 127 Å². The van der Waals surface area contributed by atoms with E-state index in [0.717, 1.165) is 5.56 Å². The van der Waals surface area contributed by atoms with Crippen molar-refractivity contribution in [2.75, 3.05) is 6.61 Å². The van der Waals surface area contributed by atoms with E-state index in [0.29, 0.717) is 16.7 Å². The van der Waals surface area contributed by atoms with Crippen LogP contribution >= 0.6 is 0 Å². The molecule has 2 N–H and O–H groups in total. The summed E-state index contributed by atoms with van der Waals surface area (Å²) >= 11 is 0. The number of piperidine rings is 1. The molecule has 2 aromatic rings. The molecular formula is C23H21F3N4O6. The second kappa shape index (κ2) is 10.2. The van der Waals surface area contributed by atoms with Gasteiger partial charge in [0.05, 0.1) is 0 Å². The monoisotopic (exact) mass is 506 g/mol. The molecule has 0 radical (unpaired) electrons. The van der Waals surface area contributed by atoms with Gasteiger partial charge in [0.15, 0.2) is 6.61 Å². The Labute approximate surface area is 202 Å². The number of aromatic nitrogens is 1. The summed E-state index contributed by atoms with van der Waals surface area (Å²) in [5.74, 6) is -1.37. The van der Waals surface area contributed by atoms with Gasteiger partial charge < -0.3 is 19.7 Å². The third-order valence-electron chi connectivity index (χ3n) is 5.58. The number of alkyl halides is 3. The molecule has 1 fully saturated rings. The third kappa shape index (κ3) is 6.09. The molecule has 2 aliphatic rings. The van der Waals surface area contributed by atoms with E-state index in [9.17, 15) is 32.3 Å². The highest BCUT2D eigenvalue weighted by Gasteiger charge is 2.39. The Morgan fingerprint density at radius 1 is 1.17 bits per heavy atom. The van der Waals surface area contributed by atoms with Crippen molar-refractivity contribution >= 4 is 23.8 Å². The van der Waals surface area contributed by atoms with Crippen LogP contribution in [0.5, 0.6) is 5.88 Å². The van der Waals surface area contributed by atoms with Crippen LogP contribution < -0.4 is 15.4 Å². The molecule has 190 valence electrons. The molecule has 1 aromatic carbocycles. The maximum absolute atomic E-state index is 12.9. The molecule has 1 atom stereocenters. The van der Waals surface area contributed by atoms with Crippen LogP contribution in [0.2, 0.25) is 0 Å². The summed E-state index contributed by atoms with van der Waals surface area (Å²) in [5, 5.41) is 4.80. The summed E-state index contributed by atoms with van der Waals surface area (Å²) in [6.45, 7) is -1.30. The summed E-state index contributed by atoms with van der Waals surface area (Å²) in [6.07, 6.45) is -3.55. The second-order valence-corrected chi connectivity index (χ2v) is 8.23. The zero-order valence-electron chi connectivity index (χ0n) is 18.8. The molecule has 3 heterocycles. The van der Waals surface area contributed by atoms with Gasteiger partial charge in [-0.3, -0.25) is 19.7 Å². The Morgan fingerprint density at radius 2 is 1.94 bits per heavy atom. The lowest BCUT2D eigenvalue weighted by Gasteiger charge is -2.29. The first-order valence-electron chi connectivity index (χ1n) is 10.9. The molecule has 0 bridgehead atoms. The third-order valence-corrected chi connectivity index (χ3v) is 5.58. The molecule has 36 heavy (non-hydrogen) atoms. The molecule has 10 nitrogen and oxygen atoms in total. The number of imide groups is 1. The predicted molar refractivity (Wildman–Crippen MR) is 115 cm³/mol. The summed E-state index contributed by atoms with van der Waals surface area (Å²) in [4.78, 5) is 53.6. The van der Waals surface area contributed by atoms with Crippen molar-refractivity contribution in [3.05, 3.63) is 58.8 Å². The van der Waals surface area contributed by atoms with E-state index < -0.39 is 30.8 Å². The van der Waals surface area contributed by atoms with Crippen LogP contribution in [0.3, 0.4) is 0 Å². The van der Waals surface area contributed by atoms with E-state index in [1.807, 2.05) is 0 Å². The van der Waals surface area contributed by atoms with Gasteiger partial charge in [0.2, 0.25) is 17.7 Å². The second-order valence-electron chi connectivity index (χ2n) is 8.23. The number of amides is 4. The van der Waals surface area contributed by atoms with Gasteiger partial charge in [0.1, 0.15) is 12.6 Å². The van der Waals surface area contributed by atoms with Crippen molar-refractivity contribution in [1.29, 1.82) is 0 Å². The number of halogens is 3. The highest BCUT2D eigenvalue weighted by molar-refractivity contribution is 6.05. The Morgan fingerprint density at radius 3 is 2.64 bits per heavy atom. The SMILES string of the molecule is O=C1CCC(N2Cc3ccc(CNC(=O)OCc4ccc(OCC(F)(F)F)nc4)cc3C2=O)C(=O)N1. The molecule has 2 aliphatic heterocycles. The van der Waals surface area contributed by atoms with Crippen LogP contribution in [0.25, 0.3) is 0 Å². The van der Waals surface area contributed by atoms with Gasteiger partial charge in [-0.15, -0.1) is 0 Å². The average molecular weight is 506 g/mol. The summed E-state index contributed by atoms with van der Waals surface area (Å²) < 4.78 is 46.1. The standard InChI is InChI=1S/C23H21F3N4O6/c24-23(25,26)12-36-19-6-2-14(9-27-19)11-35-22(34)28-8-13-1-3-15-10-30(21(33)16(15)7-13)17-4-5-18(31)29-20(17)32/h1-3,6-7,9,17H,4-5,8,10-12H2,(H,28,34)(H,29,31,32). The quantitative estimate of drug-likeness (QED) is 0.552. The van der Waals surface area contributed by atoms with Crippen LogP contribution in [0.15, 0.2) is 36.5 Å². The van der Waals surface area contributed by atoms with Crippen LogP contribution in [0.1, 0.15) is 39.9 Å². The number of nitrogens with zero attached hydrogens (tertiary/aromatic N) is 2. The van der Waals surface area contributed by atoms with E-state index in [4.69, 9.17) is 4.74 Å². The molecule has 4 amide bonds. The maximum Gasteiger partial charge on any atom is 0.422 e. The molecular weight excluding hydrogens is 485 g/mol. The maximum atomic E-state index is 12.9. The highest BCUT2D eigenvalue weighted by atomic mass is 19.4. The van der Waals surface area contributed by atoms with Crippen LogP contribution in [0.4, 0.5) is 18.0 Å². The van der Waals surface area contributed by atoms with Crippen molar-refractivity contribution in [1.82, 2.24) is 20.5 Å². The van der Waals surface area contributed by atoms with Gasteiger partial charge >= 0.3 is 12.3 Å². The summed E-state index contributed by atoms with van der Waals surface area (Å²) in [6, 6.07) is 7.07. The van der Waals surface area contributed by atoms with E-state index >= 15 is 0 Å². The first-order valence-corrected chi connectivity index (χ1v) is 10.9.